The van der Waals surface area contributed by atoms with E-state index in [0.717, 1.165) is 33.8 Å². The number of para-hydroxylation sites is 1. The molecule has 0 aliphatic carbocycles. The number of anilines is 1. The van der Waals surface area contributed by atoms with E-state index in [1.165, 1.54) is 5.56 Å². The fraction of sp³-hybridized carbons (Fsp3) is 0.120. The molecule has 0 saturated carbocycles. The van der Waals surface area contributed by atoms with Crippen LogP contribution in [0.5, 0.6) is 0 Å². The predicted molar refractivity (Wildman–Crippen MR) is 119 cm³/mol. The molecular weight excluding hydrogens is 358 g/mol. The van der Waals surface area contributed by atoms with Crippen LogP contribution in [0.15, 0.2) is 79.0 Å². The van der Waals surface area contributed by atoms with Gasteiger partial charge in [-0.2, -0.15) is 0 Å². The van der Waals surface area contributed by atoms with Crippen LogP contribution in [0.1, 0.15) is 16.8 Å². The summed E-state index contributed by atoms with van der Waals surface area (Å²) in [5.41, 5.74) is 6.85. The van der Waals surface area contributed by atoms with Gasteiger partial charge in [0.2, 0.25) is 0 Å². The van der Waals surface area contributed by atoms with Crippen LogP contribution in [-0.2, 0) is 4.79 Å². The molecule has 4 nitrogen and oxygen atoms in total. The number of benzene rings is 2. The number of amides is 1. The van der Waals surface area contributed by atoms with Crippen molar-refractivity contribution in [1.82, 2.24) is 9.38 Å². The highest BCUT2D eigenvalue weighted by Crippen LogP contribution is 2.26. The normalized spacial score (nSPS) is 11.3. The molecule has 0 aliphatic heterocycles. The van der Waals surface area contributed by atoms with Gasteiger partial charge in [-0.05, 0) is 49.8 Å². The SMILES string of the molecule is Cc1ccc(-c2nc3cc(C)ccn3c2/C=C/C(=O)N(C)c2ccccc2)cc1. The lowest BCUT2D eigenvalue weighted by atomic mass is 10.1. The third-order valence-corrected chi connectivity index (χ3v) is 5.00. The van der Waals surface area contributed by atoms with Crippen molar-refractivity contribution in [2.75, 3.05) is 11.9 Å². The van der Waals surface area contributed by atoms with Gasteiger partial charge in [0.05, 0.1) is 11.4 Å². The van der Waals surface area contributed by atoms with E-state index in [0.29, 0.717) is 0 Å². The molecule has 0 saturated heterocycles. The van der Waals surface area contributed by atoms with Crippen molar-refractivity contribution < 1.29 is 4.79 Å². The van der Waals surface area contributed by atoms with Crippen molar-refractivity contribution in [2.24, 2.45) is 0 Å². The Kier molecular flexibility index (Phi) is 5.00. The molecular formula is C25H23N3O. The van der Waals surface area contributed by atoms with E-state index in [9.17, 15) is 4.79 Å². The Balaban J connectivity index is 1.75. The number of hydrogen-bond acceptors (Lipinski definition) is 2. The number of carbonyl (C=O) groups is 1. The van der Waals surface area contributed by atoms with E-state index in [2.05, 4.69) is 31.2 Å². The van der Waals surface area contributed by atoms with E-state index in [1.807, 2.05) is 66.1 Å². The molecule has 0 bridgehead atoms. The molecule has 4 aromatic rings. The summed E-state index contributed by atoms with van der Waals surface area (Å²) in [6.45, 7) is 4.11. The maximum atomic E-state index is 12.7. The largest absolute Gasteiger partial charge is 0.312 e. The molecule has 0 unspecified atom stereocenters. The van der Waals surface area contributed by atoms with Gasteiger partial charge in [0.1, 0.15) is 5.65 Å². The summed E-state index contributed by atoms with van der Waals surface area (Å²) in [5.74, 6) is -0.0897. The van der Waals surface area contributed by atoms with Crippen LogP contribution in [0.4, 0.5) is 5.69 Å². The standard InChI is InChI=1S/C25H23N3O/c1-18-9-11-20(12-10-18)25-22(28-16-15-19(2)17-23(28)26-25)13-14-24(29)27(3)21-7-5-4-6-8-21/h4-17H,1-3H3/b14-13+. The zero-order chi connectivity index (χ0) is 20.4. The summed E-state index contributed by atoms with van der Waals surface area (Å²) in [7, 11) is 1.78. The van der Waals surface area contributed by atoms with Gasteiger partial charge >= 0.3 is 0 Å². The molecule has 2 heterocycles. The van der Waals surface area contributed by atoms with E-state index < -0.39 is 0 Å². The van der Waals surface area contributed by atoms with E-state index in [4.69, 9.17) is 4.98 Å². The molecule has 1 amide bonds. The van der Waals surface area contributed by atoms with Gasteiger partial charge in [-0.3, -0.25) is 9.20 Å². The van der Waals surface area contributed by atoms with E-state index in [-0.39, 0.29) is 5.91 Å². The van der Waals surface area contributed by atoms with Crippen molar-refractivity contribution in [3.8, 4) is 11.3 Å². The zero-order valence-electron chi connectivity index (χ0n) is 16.8. The zero-order valence-corrected chi connectivity index (χ0v) is 16.8. The molecule has 4 heteroatoms. The second-order valence-corrected chi connectivity index (χ2v) is 7.21. The van der Waals surface area contributed by atoms with Crippen LogP contribution in [0.2, 0.25) is 0 Å². The van der Waals surface area contributed by atoms with Crippen LogP contribution in [0.25, 0.3) is 23.0 Å². The van der Waals surface area contributed by atoms with Crippen LogP contribution in [-0.4, -0.2) is 22.3 Å². The Labute approximate surface area is 170 Å². The minimum Gasteiger partial charge on any atom is -0.312 e. The number of pyridine rings is 1. The first-order valence-corrected chi connectivity index (χ1v) is 9.59. The van der Waals surface area contributed by atoms with Crippen molar-refractivity contribution >= 4 is 23.3 Å². The summed E-state index contributed by atoms with van der Waals surface area (Å²) >= 11 is 0. The molecule has 0 N–H and O–H groups in total. The van der Waals surface area contributed by atoms with Gasteiger partial charge in [0, 0.05) is 30.6 Å². The first kappa shape index (κ1) is 18.7. The highest BCUT2D eigenvalue weighted by molar-refractivity contribution is 6.03. The van der Waals surface area contributed by atoms with Gasteiger partial charge in [-0.1, -0.05) is 48.0 Å². The number of carbonyl (C=O) groups excluding carboxylic acids is 1. The Hall–Kier alpha value is -3.66. The molecule has 0 atom stereocenters. The lowest BCUT2D eigenvalue weighted by Crippen LogP contribution is -2.23. The summed E-state index contributed by atoms with van der Waals surface area (Å²) < 4.78 is 2.02. The quantitative estimate of drug-likeness (QED) is 0.450. The molecule has 0 aliphatic rings. The maximum absolute atomic E-state index is 12.7. The predicted octanol–water partition coefficient (Wildman–Crippen LogP) is 5.29. The Morgan fingerprint density at radius 3 is 2.41 bits per heavy atom. The molecule has 144 valence electrons. The van der Waals surface area contributed by atoms with Crippen molar-refractivity contribution in [3.05, 3.63) is 95.8 Å². The highest BCUT2D eigenvalue weighted by Gasteiger charge is 2.13. The maximum Gasteiger partial charge on any atom is 0.250 e. The second kappa shape index (κ2) is 7.76. The van der Waals surface area contributed by atoms with Crippen molar-refractivity contribution in [2.45, 2.75) is 13.8 Å². The Bertz CT molecular complexity index is 1190. The third-order valence-electron chi connectivity index (χ3n) is 5.00. The first-order valence-electron chi connectivity index (χ1n) is 9.59. The molecule has 0 radical (unpaired) electrons. The minimum atomic E-state index is -0.0897. The lowest BCUT2D eigenvalue weighted by Gasteiger charge is -2.14. The monoisotopic (exact) mass is 381 g/mol. The van der Waals surface area contributed by atoms with Gasteiger partial charge in [-0.15, -0.1) is 0 Å². The van der Waals surface area contributed by atoms with E-state index >= 15 is 0 Å². The smallest absolute Gasteiger partial charge is 0.250 e. The Morgan fingerprint density at radius 1 is 0.966 bits per heavy atom. The van der Waals surface area contributed by atoms with Crippen LogP contribution in [0.3, 0.4) is 0 Å². The van der Waals surface area contributed by atoms with Gasteiger partial charge in [0.25, 0.3) is 5.91 Å². The van der Waals surface area contributed by atoms with Crippen molar-refractivity contribution in [1.29, 1.82) is 0 Å². The number of hydrogen-bond donors (Lipinski definition) is 0. The molecule has 0 spiro atoms. The fourth-order valence-electron chi connectivity index (χ4n) is 3.29. The summed E-state index contributed by atoms with van der Waals surface area (Å²) in [4.78, 5) is 19.2. The molecule has 2 aromatic heterocycles. The number of rotatable bonds is 4. The molecule has 4 rings (SSSR count). The van der Waals surface area contributed by atoms with Gasteiger partial charge in [0.15, 0.2) is 0 Å². The number of likely N-dealkylation sites (N-methyl/N-ethyl adjacent to an activating group) is 1. The van der Waals surface area contributed by atoms with Crippen LogP contribution in [0, 0.1) is 13.8 Å². The highest BCUT2D eigenvalue weighted by atomic mass is 16.2. The summed E-state index contributed by atoms with van der Waals surface area (Å²) in [6.07, 6.45) is 5.46. The third kappa shape index (κ3) is 3.83. The van der Waals surface area contributed by atoms with Crippen LogP contribution < -0.4 is 4.90 Å². The number of nitrogens with zero attached hydrogens (tertiary/aromatic N) is 3. The topological polar surface area (TPSA) is 37.6 Å². The Morgan fingerprint density at radius 2 is 1.69 bits per heavy atom. The van der Waals surface area contributed by atoms with Crippen LogP contribution >= 0.6 is 0 Å². The summed E-state index contributed by atoms with van der Waals surface area (Å²) in [5, 5.41) is 0. The first-order chi connectivity index (χ1) is 14.0. The number of aryl methyl sites for hydroxylation is 2. The second-order valence-electron chi connectivity index (χ2n) is 7.21. The molecule has 2 aromatic carbocycles. The average Bonchev–Trinajstić information content (AvgIpc) is 3.10. The number of imidazole rings is 1. The molecule has 0 fully saturated rings. The average molecular weight is 381 g/mol. The summed E-state index contributed by atoms with van der Waals surface area (Å²) in [6, 6.07) is 22.0. The minimum absolute atomic E-state index is 0.0897. The lowest BCUT2D eigenvalue weighted by molar-refractivity contribution is -0.113. The van der Waals surface area contributed by atoms with Crippen molar-refractivity contribution in [3.63, 3.8) is 0 Å². The van der Waals surface area contributed by atoms with Gasteiger partial charge in [-0.25, -0.2) is 4.98 Å². The number of aromatic nitrogens is 2. The van der Waals surface area contributed by atoms with E-state index in [1.54, 1.807) is 18.0 Å². The number of fused-ring (bicyclic) bond motifs is 1. The van der Waals surface area contributed by atoms with Gasteiger partial charge < -0.3 is 4.90 Å². The fourth-order valence-corrected chi connectivity index (χ4v) is 3.29. The molecule has 29 heavy (non-hydrogen) atoms.